The van der Waals surface area contributed by atoms with Crippen LogP contribution in [0.2, 0.25) is 0 Å². The molecule has 0 aliphatic carbocycles. The van der Waals surface area contributed by atoms with Gasteiger partial charge in [0.15, 0.2) is 14.9 Å². The van der Waals surface area contributed by atoms with Gasteiger partial charge in [-0.3, -0.25) is 0 Å². The van der Waals surface area contributed by atoms with E-state index in [1.807, 2.05) is 0 Å². The van der Waals surface area contributed by atoms with Gasteiger partial charge in [-0.25, -0.2) is 16.8 Å². The first-order chi connectivity index (χ1) is 9.64. The minimum absolute atomic E-state index is 0.0997. The van der Waals surface area contributed by atoms with Gasteiger partial charge in [-0.15, -0.1) is 0 Å². The molecule has 0 aliphatic heterocycles. The molecule has 8 heteroatoms. The molecule has 6 nitrogen and oxygen atoms in total. The van der Waals surface area contributed by atoms with Crippen LogP contribution in [0.4, 0.5) is 0 Å². The maximum Gasteiger partial charge on any atom is 0.228 e. The van der Waals surface area contributed by atoms with Crippen molar-refractivity contribution in [2.75, 3.05) is 24.9 Å². The van der Waals surface area contributed by atoms with Gasteiger partial charge in [0.05, 0.1) is 6.54 Å². The summed E-state index contributed by atoms with van der Waals surface area (Å²) < 4.78 is 47.0. The lowest BCUT2D eigenvalue weighted by Gasteiger charge is -2.16. The van der Waals surface area contributed by atoms with Gasteiger partial charge in [-0.05, 0) is 17.7 Å². The predicted octanol–water partition coefficient (Wildman–Crippen LogP) is -0.239. The zero-order valence-corrected chi connectivity index (χ0v) is 13.5. The lowest BCUT2D eigenvalue weighted by molar-refractivity contribution is 0.470. The fourth-order valence-electron chi connectivity index (χ4n) is 1.56. The number of sulfone groups is 1. The van der Waals surface area contributed by atoms with Crippen LogP contribution in [0.1, 0.15) is 11.1 Å². The summed E-state index contributed by atoms with van der Waals surface area (Å²) in [7, 11) is -6.09. The molecule has 0 aliphatic rings. The minimum Gasteiger partial charge on any atom is -0.320 e. The highest BCUT2D eigenvalue weighted by Crippen LogP contribution is 2.10. The first-order valence-electron chi connectivity index (χ1n) is 6.04. The van der Waals surface area contributed by atoms with Gasteiger partial charge in [0, 0.05) is 25.4 Å². The Morgan fingerprint density at radius 2 is 1.71 bits per heavy atom. The van der Waals surface area contributed by atoms with E-state index in [0.717, 1.165) is 21.7 Å². The molecular formula is C13H18N2O4S2. The summed E-state index contributed by atoms with van der Waals surface area (Å²) in [6.45, 7) is 0.372. The average Bonchev–Trinajstić information content (AvgIpc) is 2.35. The van der Waals surface area contributed by atoms with Crippen molar-refractivity contribution in [3.63, 3.8) is 0 Å². The molecule has 0 saturated heterocycles. The Kier molecular flexibility index (Phi) is 5.92. The molecule has 0 radical (unpaired) electrons. The van der Waals surface area contributed by atoms with Gasteiger partial charge < -0.3 is 5.73 Å². The molecule has 0 amide bonds. The molecule has 2 N–H and O–H groups in total. The van der Waals surface area contributed by atoms with Crippen LogP contribution in [-0.4, -0.2) is 46.1 Å². The van der Waals surface area contributed by atoms with Crippen LogP contribution in [0.25, 0.3) is 0 Å². The lowest BCUT2D eigenvalue weighted by atomic mass is 10.1. The molecule has 0 aromatic heterocycles. The summed E-state index contributed by atoms with van der Waals surface area (Å²) in [5, 5.41) is -0.892. The zero-order valence-electron chi connectivity index (χ0n) is 11.9. The number of hydrogen-bond donors (Lipinski definition) is 1. The van der Waals surface area contributed by atoms with Gasteiger partial charge in [-0.2, -0.15) is 4.31 Å². The third-order valence-electron chi connectivity index (χ3n) is 2.53. The summed E-state index contributed by atoms with van der Waals surface area (Å²) >= 11 is 0. The smallest absolute Gasteiger partial charge is 0.228 e. The molecular weight excluding hydrogens is 312 g/mol. The van der Waals surface area contributed by atoms with Crippen molar-refractivity contribution in [3.05, 3.63) is 35.4 Å². The van der Waals surface area contributed by atoms with E-state index in [0.29, 0.717) is 0 Å². The monoisotopic (exact) mass is 330 g/mol. The highest BCUT2D eigenvalue weighted by molar-refractivity contribution is 8.06. The molecule has 21 heavy (non-hydrogen) atoms. The van der Waals surface area contributed by atoms with E-state index in [4.69, 9.17) is 5.73 Å². The number of benzene rings is 1. The summed E-state index contributed by atoms with van der Waals surface area (Å²) in [4.78, 5) is 0. The third-order valence-corrected chi connectivity index (χ3v) is 6.51. The Morgan fingerprint density at radius 3 is 2.19 bits per heavy atom. The van der Waals surface area contributed by atoms with Crippen molar-refractivity contribution in [2.24, 2.45) is 5.73 Å². The van der Waals surface area contributed by atoms with Gasteiger partial charge in [0.25, 0.3) is 0 Å². The van der Waals surface area contributed by atoms with Crippen molar-refractivity contribution in [2.45, 2.75) is 6.54 Å². The standard InChI is InChI=1S/C13H18N2O4S2/c1-15(21(18,19)11-20(2,16)17)10-13-7-5-12(6-8-13)4-3-9-14/h5-8H,9-11,14H2,1-2H3. The summed E-state index contributed by atoms with van der Waals surface area (Å²) in [6, 6.07) is 7.00. The second kappa shape index (κ2) is 7.04. The van der Waals surface area contributed by atoms with E-state index in [1.54, 1.807) is 24.3 Å². The maximum absolute atomic E-state index is 11.9. The Morgan fingerprint density at radius 1 is 1.14 bits per heavy atom. The highest BCUT2D eigenvalue weighted by Gasteiger charge is 2.23. The molecule has 116 valence electrons. The van der Waals surface area contributed by atoms with Crippen molar-refractivity contribution >= 4 is 19.9 Å². The van der Waals surface area contributed by atoms with E-state index >= 15 is 0 Å². The second-order valence-corrected chi connectivity index (χ2v) is 9.20. The van der Waals surface area contributed by atoms with Crippen LogP contribution in [0.3, 0.4) is 0 Å². The normalized spacial score (nSPS) is 12.0. The van der Waals surface area contributed by atoms with E-state index in [2.05, 4.69) is 11.8 Å². The molecule has 1 aromatic rings. The molecule has 0 atom stereocenters. The molecule has 1 rings (SSSR count). The van der Waals surface area contributed by atoms with Gasteiger partial charge >= 0.3 is 0 Å². The van der Waals surface area contributed by atoms with E-state index < -0.39 is 24.9 Å². The van der Waals surface area contributed by atoms with E-state index in [1.165, 1.54) is 7.05 Å². The molecule has 0 bridgehead atoms. The molecule has 1 aromatic carbocycles. The number of hydrogen-bond acceptors (Lipinski definition) is 5. The first kappa shape index (κ1) is 17.7. The van der Waals surface area contributed by atoms with Crippen LogP contribution < -0.4 is 5.73 Å². The van der Waals surface area contributed by atoms with Crippen molar-refractivity contribution in [3.8, 4) is 11.8 Å². The van der Waals surface area contributed by atoms with Crippen LogP contribution in [-0.2, 0) is 26.4 Å². The Labute approximate surface area is 125 Å². The molecule has 0 unspecified atom stereocenters. The fraction of sp³-hybridized carbons (Fsp3) is 0.385. The molecule has 0 heterocycles. The highest BCUT2D eigenvalue weighted by atomic mass is 32.3. The Balaban J connectivity index is 2.81. The van der Waals surface area contributed by atoms with Crippen molar-refractivity contribution < 1.29 is 16.8 Å². The Hall–Kier alpha value is -1.40. The second-order valence-electron chi connectivity index (χ2n) is 4.61. The largest absolute Gasteiger partial charge is 0.320 e. The predicted molar refractivity (Wildman–Crippen MR) is 82.5 cm³/mol. The zero-order chi connectivity index (χ0) is 16.1. The number of nitrogens with two attached hydrogens (primary N) is 1. The summed E-state index contributed by atoms with van der Waals surface area (Å²) in [6.07, 6.45) is 0.892. The van der Waals surface area contributed by atoms with Gasteiger partial charge in [0.2, 0.25) is 10.0 Å². The van der Waals surface area contributed by atoms with Gasteiger partial charge in [-0.1, -0.05) is 24.0 Å². The average molecular weight is 330 g/mol. The molecule has 0 fully saturated rings. The fourth-order valence-corrected chi connectivity index (χ4v) is 4.79. The first-order valence-corrected chi connectivity index (χ1v) is 9.70. The number of rotatable bonds is 5. The maximum atomic E-state index is 11.9. The SMILES string of the molecule is CN(Cc1ccc(C#CCN)cc1)S(=O)(=O)CS(C)(=O)=O. The van der Waals surface area contributed by atoms with E-state index in [9.17, 15) is 16.8 Å². The molecule has 0 spiro atoms. The van der Waals surface area contributed by atoms with Crippen LogP contribution in [0.15, 0.2) is 24.3 Å². The van der Waals surface area contributed by atoms with Crippen molar-refractivity contribution in [1.29, 1.82) is 0 Å². The lowest BCUT2D eigenvalue weighted by Crippen LogP contribution is -2.31. The number of nitrogens with zero attached hydrogens (tertiary/aromatic N) is 1. The van der Waals surface area contributed by atoms with Crippen molar-refractivity contribution in [1.82, 2.24) is 4.31 Å². The minimum atomic E-state index is -3.84. The van der Waals surface area contributed by atoms with Crippen LogP contribution in [0, 0.1) is 11.8 Å². The molecule has 0 saturated carbocycles. The Bertz CT molecular complexity index is 742. The summed E-state index contributed by atoms with van der Waals surface area (Å²) in [5.41, 5.74) is 6.80. The van der Waals surface area contributed by atoms with Crippen LogP contribution >= 0.6 is 0 Å². The summed E-state index contributed by atoms with van der Waals surface area (Å²) in [5.74, 6) is 5.58. The topological polar surface area (TPSA) is 97.5 Å². The quantitative estimate of drug-likeness (QED) is 0.752. The van der Waals surface area contributed by atoms with E-state index in [-0.39, 0.29) is 13.1 Å². The van der Waals surface area contributed by atoms with Crippen LogP contribution in [0.5, 0.6) is 0 Å². The van der Waals surface area contributed by atoms with Gasteiger partial charge in [0.1, 0.15) is 0 Å². The third kappa shape index (κ3) is 6.27. The number of sulfonamides is 1.